The number of carbonyl (C=O) groups is 1. The molecule has 0 unspecified atom stereocenters. The zero-order valence-electron chi connectivity index (χ0n) is 7.46. The molecule has 1 aliphatic rings. The quantitative estimate of drug-likeness (QED) is 0.700. The molecule has 1 saturated heterocycles. The first-order valence-electron chi connectivity index (χ1n) is 4.44. The van der Waals surface area contributed by atoms with Gasteiger partial charge >= 0.3 is 0 Å². The van der Waals surface area contributed by atoms with Crippen LogP contribution in [0.3, 0.4) is 0 Å². The van der Waals surface area contributed by atoms with Crippen LogP contribution >= 0.6 is 38.5 Å². The van der Waals surface area contributed by atoms with E-state index in [0.717, 1.165) is 23.1 Å². The standard InChI is InChI=1S/C10H9BrINO/c11-8-6-7(12)3-4-9(8)13-5-1-2-10(13)14/h3-4,6H,1-2,5H2. The van der Waals surface area contributed by atoms with Crippen molar-refractivity contribution < 1.29 is 4.79 Å². The summed E-state index contributed by atoms with van der Waals surface area (Å²) in [6.45, 7) is 0.845. The molecule has 74 valence electrons. The van der Waals surface area contributed by atoms with Gasteiger partial charge in [0, 0.05) is 21.0 Å². The van der Waals surface area contributed by atoms with Gasteiger partial charge in [-0.05, 0) is 63.1 Å². The van der Waals surface area contributed by atoms with Gasteiger partial charge in [-0.1, -0.05) is 0 Å². The maximum absolute atomic E-state index is 11.5. The second-order valence-corrected chi connectivity index (χ2v) is 5.34. The molecule has 0 spiro atoms. The molecule has 14 heavy (non-hydrogen) atoms. The topological polar surface area (TPSA) is 20.3 Å². The van der Waals surface area contributed by atoms with E-state index in [1.807, 2.05) is 23.1 Å². The van der Waals surface area contributed by atoms with Crippen LogP contribution in [0, 0.1) is 3.57 Å². The summed E-state index contributed by atoms with van der Waals surface area (Å²) in [7, 11) is 0. The third-order valence-electron chi connectivity index (χ3n) is 2.27. The lowest BCUT2D eigenvalue weighted by molar-refractivity contribution is -0.117. The van der Waals surface area contributed by atoms with Crippen LogP contribution in [-0.2, 0) is 4.79 Å². The normalized spacial score (nSPS) is 16.4. The Morgan fingerprint density at radius 2 is 2.21 bits per heavy atom. The van der Waals surface area contributed by atoms with Crippen molar-refractivity contribution in [2.24, 2.45) is 0 Å². The van der Waals surface area contributed by atoms with Crippen molar-refractivity contribution in [2.75, 3.05) is 11.4 Å². The zero-order chi connectivity index (χ0) is 10.1. The molecule has 0 N–H and O–H groups in total. The molecule has 2 rings (SSSR count). The van der Waals surface area contributed by atoms with Gasteiger partial charge < -0.3 is 4.90 Å². The summed E-state index contributed by atoms with van der Waals surface area (Å²) in [5.74, 6) is 0.229. The minimum Gasteiger partial charge on any atom is -0.311 e. The van der Waals surface area contributed by atoms with Crippen molar-refractivity contribution in [2.45, 2.75) is 12.8 Å². The van der Waals surface area contributed by atoms with Gasteiger partial charge in [-0.15, -0.1) is 0 Å². The summed E-state index contributed by atoms with van der Waals surface area (Å²) in [5.41, 5.74) is 0.993. The van der Waals surface area contributed by atoms with E-state index >= 15 is 0 Å². The molecule has 1 fully saturated rings. The van der Waals surface area contributed by atoms with Crippen LogP contribution in [-0.4, -0.2) is 12.5 Å². The molecule has 1 aromatic rings. The summed E-state index contributed by atoms with van der Waals surface area (Å²) in [4.78, 5) is 13.4. The number of amides is 1. The number of rotatable bonds is 1. The Hall–Kier alpha value is -0.100. The molecule has 0 aliphatic carbocycles. The lowest BCUT2D eigenvalue weighted by Gasteiger charge is -2.17. The Morgan fingerprint density at radius 3 is 2.79 bits per heavy atom. The summed E-state index contributed by atoms with van der Waals surface area (Å²) in [5, 5.41) is 0. The third kappa shape index (κ3) is 1.95. The highest BCUT2D eigenvalue weighted by Gasteiger charge is 2.23. The molecule has 1 aliphatic heterocycles. The number of carbonyl (C=O) groups excluding carboxylic acids is 1. The van der Waals surface area contributed by atoms with Crippen molar-refractivity contribution in [3.8, 4) is 0 Å². The summed E-state index contributed by atoms with van der Waals surface area (Å²) in [6.07, 6.45) is 1.65. The van der Waals surface area contributed by atoms with E-state index in [2.05, 4.69) is 38.5 Å². The van der Waals surface area contributed by atoms with Gasteiger partial charge in [0.25, 0.3) is 0 Å². The van der Waals surface area contributed by atoms with E-state index in [9.17, 15) is 4.79 Å². The van der Waals surface area contributed by atoms with Gasteiger partial charge in [0.2, 0.25) is 5.91 Å². The van der Waals surface area contributed by atoms with Crippen molar-refractivity contribution in [1.82, 2.24) is 0 Å². The Morgan fingerprint density at radius 1 is 1.43 bits per heavy atom. The Labute approximate surface area is 105 Å². The van der Waals surface area contributed by atoms with Gasteiger partial charge in [0.15, 0.2) is 0 Å². The summed E-state index contributed by atoms with van der Waals surface area (Å²) >= 11 is 5.74. The maximum atomic E-state index is 11.5. The average Bonchev–Trinajstić information content (AvgIpc) is 2.52. The maximum Gasteiger partial charge on any atom is 0.227 e. The predicted octanol–water partition coefficient (Wildman–Crippen LogP) is 3.18. The van der Waals surface area contributed by atoms with Gasteiger partial charge in [-0.25, -0.2) is 0 Å². The zero-order valence-corrected chi connectivity index (χ0v) is 11.2. The molecule has 0 atom stereocenters. The predicted molar refractivity (Wildman–Crippen MR) is 68.4 cm³/mol. The van der Waals surface area contributed by atoms with E-state index in [4.69, 9.17) is 0 Å². The number of anilines is 1. The number of benzene rings is 1. The Kier molecular flexibility index (Phi) is 3.11. The monoisotopic (exact) mass is 365 g/mol. The first kappa shape index (κ1) is 10.4. The molecular formula is C10H9BrINO. The number of hydrogen-bond donors (Lipinski definition) is 0. The van der Waals surface area contributed by atoms with E-state index in [1.54, 1.807) is 0 Å². The van der Waals surface area contributed by atoms with Crippen LogP contribution in [0.25, 0.3) is 0 Å². The first-order valence-corrected chi connectivity index (χ1v) is 6.31. The molecule has 1 heterocycles. The first-order chi connectivity index (χ1) is 6.68. The minimum atomic E-state index is 0.229. The highest BCUT2D eigenvalue weighted by atomic mass is 127. The molecule has 1 aromatic carbocycles. The Balaban J connectivity index is 2.36. The fourth-order valence-corrected chi connectivity index (χ4v) is 3.12. The molecule has 0 radical (unpaired) electrons. The van der Waals surface area contributed by atoms with Crippen LogP contribution < -0.4 is 4.90 Å². The second-order valence-electron chi connectivity index (χ2n) is 3.24. The lowest BCUT2D eigenvalue weighted by Crippen LogP contribution is -2.23. The van der Waals surface area contributed by atoms with Crippen LogP contribution in [0.5, 0.6) is 0 Å². The smallest absolute Gasteiger partial charge is 0.227 e. The van der Waals surface area contributed by atoms with Crippen LogP contribution in [0.4, 0.5) is 5.69 Å². The number of halogens is 2. The molecule has 2 nitrogen and oxygen atoms in total. The number of nitrogens with zero attached hydrogens (tertiary/aromatic N) is 1. The van der Waals surface area contributed by atoms with Crippen LogP contribution in [0.2, 0.25) is 0 Å². The lowest BCUT2D eigenvalue weighted by atomic mass is 10.3. The highest BCUT2D eigenvalue weighted by Crippen LogP contribution is 2.30. The molecular weight excluding hydrogens is 357 g/mol. The largest absolute Gasteiger partial charge is 0.311 e. The van der Waals surface area contributed by atoms with E-state index in [0.29, 0.717) is 6.42 Å². The van der Waals surface area contributed by atoms with Crippen LogP contribution in [0.15, 0.2) is 22.7 Å². The van der Waals surface area contributed by atoms with Gasteiger partial charge in [-0.2, -0.15) is 0 Å². The number of hydrogen-bond acceptors (Lipinski definition) is 1. The molecule has 4 heteroatoms. The SMILES string of the molecule is O=C1CCCN1c1ccc(I)cc1Br. The van der Waals surface area contributed by atoms with Crippen LogP contribution in [0.1, 0.15) is 12.8 Å². The fourth-order valence-electron chi connectivity index (χ4n) is 1.60. The van der Waals surface area contributed by atoms with Gasteiger partial charge in [0.05, 0.1) is 5.69 Å². The summed E-state index contributed by atoms with van der Waals surface area (Å²) in [6, 6.07) is 6.04. The average molecular weight is 366 g/mol. The second kappa shape index (κ2) is 4.18. The minimum absolute atomic E-state index is 0.229. The van der Waals surface area contributed by atoms with Crippen molar-refractivity contribution in [3.05, 3.63) is 26.2 Å². The van der Waals surface area contributed by atoms with Crippen molar-refractivity contribution >= 4 is 50.1 Å². The van der Waals surface area contributed by atoms with Crippen molar-refractivity contribution in [1.29, 1.82) is 0 Å². The van der Waals surface area contributed by atoms with Gasteiger partial charge in [-0.3, -0.25) is 4.79 Å². The van der Waals surface area contributed by atoms with E-state index in [-0.39, 0.29) is 5.91 Å². The summed E-state index contributed by atoms with van der Waals surface area (Å²) < 4.78 is 2.17. The highest BCUT2D eigenvalue weighted by molar-refractivity contribution is 14.1. The molecule has 1 amide bonds. The van der Waals surface area contributed by atoms with Gasteiger partial charge in [0.1, 0.15) is 0 Å². The fraction of sp³-hybridized carbons (Fsp3) is 0.300. The molecule has 0 saturated carbocycles. The van der Waals surface area contributed by atoms with Crippen molar-refractivity contribution in [3.63, 3.8) is 0 Å². The third-order valence-corrected chi connectivity index (χ3v) is 3.58. The van der Waals surface area contributed by atoms with E-state index < -0.39 is 0 Å². The molecule has 0 bridgehead atoms. The molecule has 0 aromatic heterocycles. The Bertz CT molecular complexity index is 380. The van der Waals surface area contributed by atoms with E-state index in [1.165, 1.54) is 3.57 Å².